The number of benzene rings is 1. The first-order valence-electron chi connectivity index (χ1n) is 4.59. The van der Waals surface area contributed by atoms with Crippen molar-refractivity contribution in [1.29, 1.82) is 0 Å². The van der Waals surface area contributed by atoms with Gasteiger partial charge in [0, 0.05) is 7.05 Å². The monoisotopic (exact) mass is 193 g/mol. The largest absolute Gasteiger partial charge is 0.481 e. The number of hydrogen-bond donors (Lipinski definition) is 1. The van der Waals surface area contributed by atoms with Crippen molar-refractivity contribution in [1.82, 2.24) is 5.32 Å². The van der Waals surface area contributed by atoms with Crippen molar-refractivity contribution >= 4 is 5.91 Å². The first kappa shape index (κ1) is 10.6. The first-order valence-corrected chi connectivity index (χ1v) is 4.59. The van der Waals surface area contributed by atoms with E-state index in [0.717, 1.165) is 11.3 Å². The fraction of sp³-hybridized carbons (Fsp3) is 0.364. The summed E-state index contributed by atoms with van der Waals surface area (Å²) in [5.74, 6) is 0.636. The first-order chi connectivity index (χ1) is 6.65. The van der Waals surface area contributed by atoms with E-state index in [1.54, 1.807) is 14.0 Å². The molecule has 0 fully saturated rings. The highest BCUT2D eigenvalue weighted by molar-refractivity contribution is 5.80. The Hall–Kier alpha value is -1.51. The van der Waals surface area contributed by atoms with Crippen LogP contribution in [-0.4, -0.2) is 19.1 Å². The Balaban J connectivity index is 2.69. The van der Waals surface area contributed by atoms with E-state index in [4.69, 9.17) is 4.74 Å². The number of carbonyl (C=O) groups excluding carboxylic acids is 1. The summed E-state index contributed by atoms with van der Waals surface area (Å²) < 4.78 is 5.49. The Morgan fingerprint density at radius 2 is 2.07 bits per heavy atom. The lowest BCUT2D eigenvalue weighted by Crippen LogP contribution is -2.33. The van der Waals surface area contributed by atoms with Crippen LogP contribution >= 0.6 is 0 Å². The zero-order valence-electron chi connectivity index (χ0n) is 8.70. The van der Waals surface area contributed by atoms with Crippen LogP contribution in [0.4, 0.5) is 0 Å². The van der Waals surface area contributed by atoms with E-state index in [9.17, 15) is 4.79 Å². The van der Waals surface area contributed by atoms with Crippen LogP contribution in [0, 0.1) is 6.92 Å². The van der Waals surface area contributed by atoms with Gasteiger partial charge in [0.25, 0.3) is 5.91 Å². The minimum absolute atomic E-state index is 0.117. The topological polar surface area (TPSA) is 38.3 Å². The Kier molecular flexibility index (Phi) is 3.51. The van der Waals surface area contributed by atoms with E-state index < -0.39 is 6.10 Å². The molecule has 0 aliphatic heterocycles. The summed E-state index contributed by atoms with van der Waals surface area (Å²) in [6.45, 7) is 3.68. The molecule has 3 nitrogen and oxygen atoms in total. The Morgan fingerprint density at radius 1 is 1.43 bits per heavy atom. The van der Waals surface area contributed by atoms with E-state index in [1.807, 2.05) is 31.2 Å². The maximum Gasteiger partial charge on any atom is 0.260 e. The minimum atomic E-state index is -0.457. The normalized spacial score (nSPS) is 11.9. The van der Waals surface area contributed by atoms with E-state index in [2.05, 4.69) is 5.32 Å². The molecule has 0 bridgehead atoms. The smallest absolute Gasteiger partial charge is 0.260 e. The summed E-state index contributed by atoms with van der Waals surface area (Å²) in [6.07, 6.45) is -0.457. The molecule has 0 heterocycles. The van der Waals surface area contributed by atoms with Gasteiger partial charge in [-0.05, 0) is 25.5 Å². The van der Waals surface area contributed by atoms with E-state index in [1.165, 1.54) is 0 Å². The van der Waals surface area contributed by atoms with Gasteiger partial charge in [-0.15, -0.1) is 0 Å². The molecule has 0 saturated heterocycles. The third-order valence-corrected chi connectivity index (χ3v) is 2.01. The summed E-state index contributed by atoms with van der Waals surface area (Å²) in [7, 11) is 1.60. The highest BCUT2D eigenvalue weighted by atomic mass is 16.5. The van der Waals surface area contributed by atoms with Crippen LogP contribution in [0.25, 0.3) is 0 Å². The molecule has 0 aliphatic carbocycles. The van der Waals surface area contributed by atoms with Crippen LogP contribution < -0.4 is 10.1 Å². The molecule has 0 saturated carbocycles. The predicted octanol–water partition coefficient (Wildman–Crippen LogP) is 1.51. The lowest BCUT2D eigenvalue weighted by Gasteiger charge is -2.14. The molecule has 1 amide bonds. The molecule has 1 aromatic rings. The van der Waals surface area contributed by atoms with Crippen molar-refractivity contribution in [3.8, 4) is 5.75 Å². The Labute approximate surface area is 84.1 Å². The Bertz CT molecular complexity index is 323. The van der Waals surface area contributed by atoms with Gasteiger partial charge in [0.2, 0.25) is 0 Å². The van der Waals surface area contributed by atoms with Crippen molar-refractivity contribution in [3.05, 3.63) is 29.8 Å². The van der Waals surface area contributed by atoms with Crippen LogP contribution in [0.3, 0.4) is 0 Å². The van der Waals surface area contributed by atoms with Crippen molar-refractivity contribution in [2.75, 3.05) is 7.05 Å². The van der Waals surface area contributed by atoms with Crippen LogP contribution in [-0.2, 0) is 4.79 Å². The van der Waals surface area contributed by atoms with Crippen molar-refractivity contribution < 1.29 is 9.53 Å². The summed E-state index contributed by atoms with van der Waals surface area (Å²) in [6, 6.07) is 7.63. The SMILES string of the molecule is CNC(=O)[C@H](C)Oc1ccccc1C. The molecule has 3 heteroatoms. The fourth-order valence-corrected chi connectivity index (χ4v) is 1.14. The van der Waals surface area contributed by atoms with Gasteiger partial charge in [-0.2, -0.15) is 0 Å². The molecule has 1 N–H and O–H groups in total. The lowest BCUT2D eigenvalue weighted by molar-refractivity contribution is -0.126. The highest BCUT2D eigenvalue weighted by Gasteiger charge is 2.12. The second-order valence-corrected chi connectivity index (χ2v) is 3.14. The number of rotatable bonds is 3. The number of nitrogens with one attached hydrogen (secondary N) is 1. The van der Waals surface area contributed by atoms with E-state index >= 15 is 0 Å². The minimum Gasteiger partial charge on any atom is -0.481 e. The lowest BCUT2D eigenvalue weighted by atomic mass is 10.2. The van der Waals surface area contributed by atoms with Gasteiger partial charge in [-0.1, -0.05) is 18.2 Å². The summed E-state index contributed by atoms with van der Waals surface area (Å²) in [5, 5.41) is 2.54. The number of carbonyl (C=O) groups is 1. The molecule has 1 atom stereocenters. The van der Waals surface area contributed by atoms with Gasteiger partial charge in [-0.3, -0.25) is 4.79 Å². The predicted molar refractivity (Wildman–Crippen MR) is 55.3 cm³/mol. The average molecular weight is 193 g/mol. The maximum atomic E-state index is 11.2. The van der Waals surface area contributed by atoms with Crippen molar-refractivity contribution in [2.24, 2.45) is 0 Å². The highest BCUT2D eigenvalue weighted by Crippen LogP contribution is 2.17. The molecule has 0 spiro atoms. The molecule has 0 aliphatic rings. The molecule has 0 unspecified atom stereocenters. The standard InChI is InChI=1S/C11H15NO2/c1-8-6-4-5-7-10(8)14-9(2)11(13)12-3/h4-7,9H,1-3H3,(H,12,13)/t9-/m0/s1. The third-order valence-electron chi connectivity index (χ3n) is 2.01. The fourth-order valence-electron chi connectivity index (χ4n) is 1.14. The van der Waals surface area contributed by atoms with Gasteiger partial charge in [-0.25, -0.2) is 0 Å². The van der Waals surface area contributed by atoms with Crippen molar-refractivity contribution in [2.45, 2.75) is 20.0 Å². The van der Waals surface area contributed by atoms with Gasteiger partial charge in [0.05, 0.1) is 0 Å². The van der Waals surface area contributed by atoms with Gasteiger partial charge in [0.1, 0.15) is 5.75 Å². The van der Waals surface area contributed by atoms with Gasteiger partial charge >= 0.3 is 0 Å². The Morgan fingerprint density at radius 3 is 2.64 bits per heavy atom. The zero-order chi connectivity index (χ0) is 10.6. The number of hydrogen-bond acceptors (Lipinski definition) is 2. The molecular formula is C11H15NO2. The second kappa shape index (κ2) is 4.65. The van der Waals surface area contributed by atoms with E-state index in [-0.39, 0.29) is 5.91 Å². The van der Waals surface area contributed by atoms with Crippen molar-refractivity contribution in [3.63, 3.8) is 0 Å². The number of amides is 1. The number of likely N-dealkylation sites (N-methyl/N-ethyl adjacent to an activating group) is 1. The van der Waals surface area contributed by atoms with Crippen LogP contribution in [0.5, 0.6) is 5.75 Å². The van der Waals surface area contributed by atoms with Crippen LogP contribution in [0.2, 0.25) is 0 Å². The summed E-state index contributed by atoms with van der Waals surface area (Å²) in [5.41, 5.74) is 1.03. The molecular weight excluding hydrogens is 178 g/mol. The number of ether oxygens (including phenoxy) is 1. The summed E-state index contributed by atoms with van der Waals surface area (Å²) >= 11 is 0. The van der Waals surface area contributed by atoms with Gasteiger partial charge < -0.3 is 10.1 Å². The van der Waals surface area contributed by atoms with Crippen LogP contribution in [0.15, 0.2) is 24.3 Å². The summed E-state index contributed by atoms with van der Waals surface area (Å²) in [4.78, 5) is 11.2. The van der Waals surface area contributed by atoms with E-state index in [0.29, 0.717) is 0 Å². The quantitative estimate of drug-likeness (QED) is 0.790. The third kappa shape index (κ3) is 2.49. The molecule has 1 aromatic carbocycles. The molecule has 1 rings (SSSR count). The average Bonchev–Trinajstić information content (AvgIpc) is 2.20. The zero-order valence-corrected chi connectivity index (χ0v) is 8.70. The van der Waals surface area contributed by atoms with Gasteiger partial charge in [0.15, 0.2) is 6.10 Å². The molecule has 76 valence electrons. The maximum absolute atomic E-state index is 11.2. The molecule has 14 heavy (non-hydrogen) atoms. The number of para-hydroxylation sites is 1. The van der Waals surface area contributed by atoms with Crippen LogP contribution in [0.1, 0.15) is 12.5 Å². The molecule has 0 aromatic heterocycles. The number of aryl methyl sites for hydroxylation is 1. The second-order valence-electron chi connectivity index (χ2n) is 3.14. The molecule has 0 radical (unpaired) electrons.